The molecule has 30 heavy (non-hydrogen) atoms. The van der Waals surface area contributed by atoms with Crippen LogP contribution >= 0.6 is 0 Å². The number of hydrogen-bond donors (Lipinski definition) is 1. The smallest absolute Gasteiger partial charge is 0.251 e. The van der Waals surface area contributed by atoms with E-state index >= 15 is 0 Å². The van der Waals surface area contributed by atoms with Crippen LogP contribution in [0.3, 0.4) is 0 Å². The first-order chi connectivity index (χ1) is 14.1. The molecule has 0 saturated heterocycles. The van der Waals surface area contributed by atoms with Gasteiger partial charge in [0.25, 0.3) is 5.91 Å². The second-order valence-electron chi connectivity index (χ2n) is 9.68. The predicted octanol–water partition coefficient (Wildman–Crippen LogP) is 4.01. The van der Waals surface area contributed by atoms with Crippen molar-refractivity contribution in [2.75, 3.05) is 0 Å². The molecule has 156 valence electrons. The van der Waals surface area contributed by atoms with Crippen molar-refractivity contribution >= 4 is 21.5 Å². The molecule has 3 atom stereocenters. The molecule has 5 rings (SSSR count). The first-order valence-electron chi connectivity index (χ1n) is 10.4. The average Bonchev–Trinajstić information content (AvgIpc) is 3.05. The van der Waals surface area contributed by atoms with Gasteiger partial charge >= 0.3 is 0 Å². The molecule has 0 aromatic heterocycles. The molecule has 2 saturated carbocycles. The van der Waals surface area contributed by atoms with E-state index in [4.69, 9.17) is 0 Å². The van der Waals surface area contributed by atoms with E-state index in [1.54, 1.807) is 18.2 Å². The third kappa shape index (κ3) is 2.37. The minimum Gasteiger partial charge on any atom is -0.349 e. The van der Waals surface area contributed by atoms with Gasteiger partial charge in [0, 0.05) is 22.7 Å². The monoisotopic (exact) mass is 423 g/mol. The van der Waals surface area contributed by atoms with Crippen molar-refractivity contribution in [1.29, 1.82) is 0 Å². The van der Waals surface area contributed by atoms with Gasteiger partial charge in [0.15, 0.2) is 5.78 Å². The lowest BCUT2D eigenvalue weighted by Crippen LogP contribution is -2.46. The van der Waals surface area contributed by atoms with Crippen LogP contribution in [-0.4, -0.2) is 26.2 Å². The van der Waals surface area contributed by atoms with Crippen LogP contribution in [0.5, 0.6) is 0 Å². The SMILES string of the molecule is CC1(C)[C@@H]2CC[C@@]1(C)[C@@H](NC(=O)c1ccc3c(c1)S(=O)(=O)c1ccccc1C3=O)C2. The number of carbonyl (C=O) groups excluding carboxylic acids is 2. The second-order valence-corrected chi connectivity index (χ2v) is 11.6. The van der Waals surface area contributed by atoms with Crippen molar-refractivity contribution in [1.82, 2.24) is 5.32 Å². The van der Waals surface area contributed by atoms with Crippen LogP contribution in [-0.2, 0) is 9.84 Å². The van der Waals surface area contributed by atoms with Gasteiger partial charge in [-0.1, -0.05) is 32.9 Å². The van der Waals surface area contributed by atoms with Crippen molar-refractivity contribution in [3.8, 4) is 0 Å². The van der Waals surface area contributed by atoms with Crippen LogP contribution in [0.1, 0.15) is 66.3 Å². The Bertz CT molecular complexity index is 1210. The fourth-order valence-electron chi connectivity index (χ4n) is 5.89. The van der Waals surface area contributed by atoms with Gasteiger partial charge in [-0.2, -0.15) is 0 Å². The molecule has 2 bridgehead atoms. The minimum atomic E-state index is -3.86. The molecule has 0 spiro atoms. The quantitative estimate of drug-likeness (QED) is 0.675. The van der Waals surface area contributed by atoms with Crippen LogP contribution in [0, 0.1) is 16.7 Å². The summed E-state index contributed by atoms with van der Waals surface area (Å²) in [5.74, 6) is -0.0236. The highest BCUT2D eigenvalue weighted by molar-refractivity contribution is 7.91. The summed E-state index contributed by atoms with van der Waals surface area (Å²) < 4.78 is 26.2. The third-order valence-electron chi connectivity index (χ3n) is 8.30. The van der Waals surface area contributed by atoms with Gasteiger partial charge < -0.3 is 5.32 Å². The Kier molecular flexibility index (Phi) is 3.92. The summed E-state index contributed by atoms with van der Waals surface area (Å²) in [5.41, 5.74) is 0.772. The van der Waals surface area contributed by atoms with Crippen molar-refractivity contribution in [2.45, 2.75) is 55.9 Å². The Labute approximate surface area is 176 Å². The first kappa shape index (κ1) is 19.5. The molecule has 2 aliphatic carbocycles. The number of rotatable bonds is 2. The number of benzene rings is 2. The summed E-state index contributed by atoms with van der Waals surface area (Å²) >= 11 is 0. The predicted molar refractivity (Wildman–Crippen MR) is 112 cm³/mol. The van der Waals surface area contributed by atoms with Gasteiger partial charge in [0.2, 0.25) is 9.84 Å². The summed E-state index contributed by atoms with van der Waals surface area (Å²) in [5, 5.41) is 3.17. The van der Waals surface area contributed by atoms with Crippen LogP contribution in [0.2, 0.25) is 0 Å². The summed E-state index contributed by atoms with van der Waals surface area (Å²) in [6.07, 6.45) is 3.22. The highest BCUT2D eigenvalue weighted by Crippen LogP contribution is 2.65. The van der Waals surface area contributed by atoms with Crippen LogP contribution in [0.25, 0.3) is 0 Å². The van der Waals surface area contributed by atoms with Crippen molar-refractivity contribution in [3.63, 3.8) is 0 Å². The average molecular weight is 424 g/mol. The maximum atomic E-state index is 13.1. The van der Waals surface area contributed by atoms with Crippen molar-refractivity contribution < 1.29 is 18.0 Å². The third-order valence-corrected chi connectivity index (χ3v) is 10.2. The van der Waals surface area contributed by atoms with E-state index < -0.39 is 9.84 Å². The zero-order chi connectivity index (χ0) is 21.5. The van der Waals surface area contributed by atoms with Gasteiger partial charge in [0.1, 0.15) is 0 Å². The minimum absolute atomic E-state index is 0.00224. The molecular weight excluding hydrogens is 398 g/mol. The Morgan fingerprint density at radius 3 is 2.40 bits per heavy atom. The lowest BCUT2D eigenvalue weighted by atomic mass is 9.69. The van der Waals surface area contributed by atoms with Crippen molar-refractivity contribution in [2.24, 2.45) is 16.7 Å². The van der Waals surface area contributed by atoms with E-state index in [1.807, 2.05) is 0 Å². The van der Waals surface area contributed by atoms with Gasteiger partial charge in [-0.15, -0.1) is 0 Å². The highest BCUT2D eigenvalue weighted by atomic mass is 32.2. The fourth-order valence-corrected chi connectivity index (χ4v) is 7.57. The number of sulfone groups is 1. The van der Waals surface area contributed by atoms with E-state index in [0.717, 1.165) is 12.8 Å². The number of ketones is 1. The summed E-state index contributed by atoms with van der Waals surface area (Å²) in [4.78, 5) is 25.8. The maximum Gasteiger partial charge on any atom is 0.251 e. The number of nitrogens with one attached hydrogen (secondary N) is 1. The van der Waals surface area contributed by atoms with Crippen LogP contribution < -0.4 is 5.32 Å². The van der Waals surface area contributed by atoms with E-state index in [2.05, 4.69) is 26.1 Å². The van der Waals surface area contributed by atoms with Gasteiger partial charge in [-0.05, 0) is 66.3 Å². The van der Waals surface area contributed by atoms with Gasteiger partial charge in [-0.25, -0.2) is 8.42 Å². The lowest BCUT2D eigenvalue weighted by Gasteiger charge is -2.39. The Morgan fingerprint density at radius 1 is 1.03 bits per heavy atom. The standard InChI is InChI=1S/C24H25NO4S/c1-23(2)15-10-11-24(23,3)20(13-15)25-22(27)14-8-9-17-19(12-14)30(28,29)18-7-5-4-6-16(18)21(17)26/h4-9,12,15,20H,10-11,13H2,1-3H3,(H,25,27)/t15-,20+,24+/m1/s1. The molecule has 1 aliphatic heterocycles. The Morgan fingerprint density at radius 2 is 1.73 bits per heavy atom. The number of hydrogen-bond acceptors (Lipinski definition) is 4. The molecule has 2 aromatic carbocycles. The Balaban J connectivity index is 1.49. The zero-order valence-electron chi connectivity index (χ0n) is 17.4. The zero-order valence-corrected chi connectivity index (χ0v) is 18.2. The number of fused-ring (bicyclic) bond motifs is 4. The van der Waals surface area contributed by atoms with Crippen molar-refractivity contribution in [3.05, 3.63) is 59.2 Å². The van der Waals surface area contributed by atoms with E-state index in [9.17, 15) is 18.0 Å². The summed E-state index contributed by atoms with van der Waals surface area (Å²) in [6, 6.07) is 10.7. The Hall–Kier alpha value is -2.47. The number of amides is 1. The molecule has 6 heteroatoms. The molecule has 0 radical (unpaired) electrons. The molecule has 2 fully saturated rings. The highest BCUT2D eigenvalue weighted by Gasteiger charge is 2.61. The van der Waals surface area contributed by atoms with Crippen LogP contribution in [0.4, 0.5) is 0 Å². The molecule has 2 aromatic rings. The van der Waals surface area contributed by atoms with Gasteiger partial charge in [-0.3, -0.25) is 9.59 Å². The number of carbonyl (C=O) groups is 2. The second kappa shape index (κ2) is 6.03. The van der Waals surface area contributed by atoms with E-state index in [0.29, 0.717) is 5.92 Å². The molecule has 1 N–H and O–H groups in total. The van der Waals surface area contributed by atoms with Gasteiger partial charge in [0.05, 0.1) is 9.79 Å². The largest absolute Gasteiger partial charge is 0.349 e. The fraction of sp³-hybridized carbons (Fsp3) is 0.417. The topological polar surface area (TPSA) is 80.3 Å². The molecule has 0 unspecified atom stereocenters. The van der Waals surface area contributed by atoms with Crippen LogP contribution in [0.15, 0.2) is 52.3 Å². The molecule has 3 aliphatic rings. The maximum absolute atomic E-state index is 13.1. The molecular formula is C24H25NO4S. The van der Waals surface area contributed by atoms with E-state index in [-0.39, 0.29) is 55.0 Å². The summed E-state index contributed by atoms with van der Waals surface area (Å²) in [6.45, 7) is 6.81. The lowest BCUT2D eigenvalue weighted by molar-refractivity contribution is 0.0825. The summed E-state index contributed by atoms with van der Waals surface area (Å²) in [7, 11) is -3.86. The van der Waals surface area contributed by atoms with E-state index in [1.165, 1.54) is 30.7 Å². The normalized spacial score (nSPS) is 29.9. The molecule has 1 heterocycles. The molecule has 5 nitrogen and oxygen atoms in total. The molecule has 1 amide bonds. The first-order valence-corrected chi connectivity index (χ1v) is 11.9.